The third-order valence-corrected chi connectivity index (χ3v) is 9.18. The zero-order valence-electron chi connectivity index (χ0n) is 19.6. The van der Waals surface area contributed by atoms with E-state index in [1.54, 1.807) is 23.1 Å². The fourth-order valence-electron chi connectivity index (χ4n) is 5.14. The number of hydrogen-bond donors (Lipinski definition) is 1. The van der Waals surface area contributed by atoms with Gasteiger partial charge in [0.2, 0.25) is 0 Å². The summed E-state index contributed by atoms with van der Waals surface area (Å²) in [4.78, 5) is 17.8. The minimum atomic E-state index is -4.13. The van der Waals surface area contributed by atoms with E-state index in [0.29, 0.717) is 5.02 Å². The monoisotopic (exact) mass is 563 g/mol. The van der Waals surface area contributed by atoms with Crippen LogP contribution in [0, 0.1) is 6.92 Å². The Balaban J connectivity index is 1.55. The summed E-state index contributed by atoms with van der Waals surface area (Å²) in [5, 5.41) is 0.390. The number of amides is 1. The molecule has 0 aromatic heterocycles. The maximum absolute atomic E-state index is 14.0. The van der Waals surface area contributed by atoms with Crippen LogP contribution in [0.15, 0.2) is 59.5 Å². The van der Waals surface area contributed by atoms with E-state index in [2.05, 4.69) is 22.7 Å². The first kappa shape index (κ1) is 25.4. The highest BCUT2D eigenvalue weighted by Crippen LogP contribution is 2.46. The lowest BCUT2D eigenvalue weighted by atomic mass is 9.88. The number of nitrogens with zero attached hydrogens (tertiary/aromatic N) is 2. The Hall–Kier alpha value is -2.29. The summed E-state index contributed by atoms with van der Waals surface area (Å²) in [6, 6.07) is 14.9. The van der Waals surface area contributed by atoms with E-state index in [4.69, 9.17) is 34.8 Å². The van der Waals surface area contributed by atoms with Gasteiger partial charge in [0.25, 0.3) is 15.9 Å². The molecule has 1 N–H and O–H groups in total. The van der Waals surface area contributed by atoms with Crippen LogP contribution >= 0.6 is 34.8 Å². The van der Waals surface area contributed by atoms with Crippen molar-refractivity contribution >= 4 is 62.1 Å². The number of anilines is 2. The van der Waals surface area contributed by atoms with E-state index >= 15 is 0 Å². The molecular formula is C26H24Cl3N3O3S. The largest absolute Gasteiger partial charge is 0.306 e. The van der Waals surface area contributed by atoms with E-state index in [1.807, 2.05) is 19.1 Å². The highest BCUT2D eigenvalue weighted by Gasteiger charge is 2.44. The van der Waals surface area contributed by atoms with Gasteiger partial charge in [-0.25, -0.2) is 8.42 Å². The van der Waals surface area contributed by atoms with E-state index in [1.165, 1.54) is 18.2 Å². The summed E-state index contributed by atoms with van der Waals surface area (Å²) in [5.41, 5.74) is 3.45. The third kappa shape index (κ3) is 4.59. The zero-order valence-corrected chi connectivity index (χ0v) is 22.7. The summed E-state index contributed by atoms with van der Waals surface area (Å²) < 4.78 is 28.9. The first-order valence-electron chi connectivity index (χ1n) is 11.5. The van der Waals surface area contributed by atoms with E-state index in [-0.39, 0.29) is 44.1 Å². The second-order valence-electron chi connectivity index (χ2n) is 9.34. The standard InChI is InChI=1S/C26H24Cl3N3O3S/c1-15-6-7-23-18(10-15)20-14-31(2)9-8-24(20)32(23)26(33)19-12-25(22(29)13-21(19)28)36(34,35)30-17-5-3-4-16(27)11-17/h3-7,10-13,20,24,30H,8-9,14H2,1-2H3/t20-,24-/m1/s1. The fraction of sp³-hybridized carbons (Fsp3) is 0.269. The SMILES string of the molecule is Cc1ccc2c(c1)[C@H]1CN(C)CC[C@H]1N2C(=O)c1cc(S(=O)(=O)Nc2cccc(Cl)c2)c(Cl)cc1Cl. The van der Waals surface area contributed by atoms with Crippen LogP contribution < -0.4 is 9.62 Å². The Bertz CT molecular complexity index is 1480. The van der Waals surface area contributed by atoms with Crippen molar-refractivity contribution in [2.24, 2.45) is 0 Å². The van der Waals surface area contributed by atoms with E-state index in [0.717, 1.165) is 36.3 Å². The van der Waals surface area contributed by atoms with Gasteiger partial charge >= 0.3 is 0 Å². The molecule has 0 bridgehead atoms. The quantitative estimate of drug-likeness (QED) is 0.409. The number of carbonyl (C=O) groups is 1. The van der Waals surface area contributed by atoms with Gasteiger partial charge in [-0.15, -0.1) is 0 Å². The van der Waals surface area contributed by atoms with Crippen LogP contribution in [-0.2, 0) is 10.0 Å². The van der Waals surface area contributed by atoms with Gasteiger partial charge < -0.3 is 9.80 Å². The van der Waals surface area contributed by atoms with Gasteiger partial charge in [0.1, 0.15) is 4.90 Å². The number of hydrogen-bond acceptors (Lipinski definition) is 4. The molecule has 1 fully saturated rings. The predicted octanol–water partition coefficient (Wildman–Crippen LogP) is 6.20. The second kappa shape index (κ2) is 9.54. The number of carbonyl (C=O) groups excluding carboxylic acids is 1. The average Bonchev–Trinajstić information content (AvgIpc) is 3.11. The number of nitrogens with one attached hydrogen (secondary N) is 1. The molecule has 2 aliphatic heterocycles. The number of rotatable bonds is 4. The molecule has 3 aromatic carbocycles. The summed E-state index contributed by atoms with van der Waals surface area (Å²) >= 11 is 18.8. The van der Waals surface area contributed by atoms with Gasteiger partial charge in [0, 0.05) is 29.2 Å². The molecule has 1 amide bonds. The van der Waals surface area contributed by atoms with Crippen molar-refractivity contribution in [1.82, 2.24) is 4.90 Å². The van der Waals surface area contributed by atoms with Gasteiger partial charge in [0.05, 0.1) is 21.3 Å². The van der Waals surface area contributed by atoms with Crippen LogP contribution in [0.4, 0.5) is 11.4 Å². The molecule has 188 valence electrons. The van der Waals surface area contributed by atoms with Crippen molar-refractivity contribution in [1.29, 1.82) is 0 Å². The van der Waals surface area contributed by atoms with Gasteiger partial charge in [-0.05, 0) is 68.9 Å². The van der Waals surface area contributed by atoms with Crippen LogP contribution in [0.1, 0.15) is 33.8 Å². The maximum atomic E-state index is 14.0. The molecule has 0 unspecified atom stereocenters. The molecule has 0 saturated carbocycles. The topological polar surface area (TPSA) is 69.7 Å². The number of fused-ring (bicyclic) bond motifs is 3. The van der Waals surface area contributed by atoms with Gasteiger partial charge in [-0.1, -0.05) is 58.6 Å². The molecule has 0 spiro atoms. The lowest BCUT2D eigenvalue weighted by molar-refractivity contribution is 0.0964. The molecule has 5 rings (SSSR count). The van der Waals surface area contributed by atoms with Crippen LogP contribution in [0.5, 0.6) is 0 Å². The Morgan fingerprint density at radius 2 is 1.81 bits per heavy atom. The van der Waals surface area contributed by atoms with Gasteiger partial charge in [0.15, 0.2) is 0 Å². The van der Waals surface area contributed by atoms with Crippen LogP contribution in [0.2, 0.25) is 15.1 Å². The Morgan fingerprint density at radius 1 is 1.03 bits per heavy atom. The van der Waals surface area contributed by atoms with Crippen molar-refractivity contribution in [2.75, 3.05) is 29.8 Å². The minimum absolute atomic E-state index is 0.0399. The number of likely N-dealkylation sites (N-methyl/N-ethyl adjacent to an activating group) is 1. The molecule has 2 heterocycles. The highest BCUT2D eigenvalue weighted by molar-refractivity contribution is 7.92. The summed E-state index contributed by atoms with van der Waals surface area (Å²) in [6.45, 7) is 3.73. The van der Waals surface area contributed by atoms with Crippen molar-refractivity contribution < 1.29 is 13.2 Å². The number of piperidine rings is 1. The van der Waals surface area contributed by atoms with Crippen molar-refractivity contribution in [2.45, 2.75) is 30.2 Å². The normalized spacial score (nSPS) is 19.6. The van der Waals surface area contributed by atoms with Crippen molar-refractivity contribution in [3.05, 3.63) is 86.4 Å². The number of sulfonamides is 1. The average molecular weight is 565 g/mol. The Labute approximate surface area is 225 Å². The van der Waals surface area contributed by atoms with Crippen LogP contribution in [0.3, 0.4) is 0 Å². The van der Waals surface area contributed by atoms with Gasteiger partial charge in [-0.2, -0.15) is 0 Å². The van der Waals surface area contributed by atoms with Crippen molar-refractivity contribution in [3.63, 3.8) is 0 Å². The zero-order chi connectivity index (χ0) is 25.8. The van der Waals surface area contributed by atoms with Gasteiger partial charge in [-0.3, -0.25) is 9.52 Å². The molecule has 0 aliphatic carbocycles. The first-order valence-corrected chi connectivity index (χ1v) is 14.1. The summed E-state index contributed by atoms with van der Waals surface area (Å²) in [6.07, 6.45) is 0.799. The Morgan fingerprint density at radius 3 is 2.56 bits per heavy atom. The highest BCUT2D eigenvalue weighted by atomic mass is 35.5. The van der Waals surface area contributed by atoms with Crippen LogP contribution in [0.25, 0.3) is 0 Å². The minimum Gasteiger partial charge on any atom is -0.306 e. The van der Waals surface area contributed by atoms with E-state index < -0.39 is 10.0 Å². The molecule has 36 heavy (non-hydrogen) atoms. The predicted molar refractivity (Wildman–Crippen MR) is 145 cm³/mol. The van der Waals surface area contributed by atoms with Crippen molar-refractivity contribution in [3.8, 4) is 0 Å². The smallest absolute Gasteiger partial charge is 0.263 e. The molecular weight excluding hydrogens is 541 g/mol. The van der Waals surface area contributed by atoms with E-state index in [9.17, 15) is 13.2 Å². The lowest BCUT2D eigenvalue weighted by Gasteiger charge is -2.36. The summed E-state index contributed by atoms with van der Waals surface area (Å²) in [5.74, 6) is -0.181. The molecule has 10 heteroatoms. The lowest BCUT2D eigenvalue weighted by Crippen LogP contribution is -2.47. The maximum Gasteiger partial charge on any atom is 0.263 e. The second-order valence-corrected chi connectivity index (χ2v) is 12.2. The number of likely N-dealkylation sites (tertiary alicyclic amines) is 1. The molecule has 1 saturated heterocycles. The number of benzene rings is 3. The number of halogens is 3. The molecule has 0 radical (unpaired) electrons. The molecule has 3 aromatic rings. The van der Waals surface area contributed by atoms with Crippen LogP contribution in [-0.4, -0.2) is 45.4 Å². The Kier molecular flexibility index (Phi) is 6.72. The number of aryl methyl sites for hydroxylation is 1. The fourth-order valence-corrected chi connectivity index (χ4v) is 7.23. The molecule has 2 atom stereocenters. The third-order valence-electron chi connectivity index (χ3n) is 6.79. The molecule has 2 aliphatic rings. The summed E-state index contributed by atoms with van der Waals surface area (Å²) in [7, 11) is -2.05. The first-order chi connectivity index (χ1) is 17.0. The molecule has 6 nitrogen and oxygen atoms in total.